The van der Waals surface area contributed by atoms with Gasteiger partial charge in [-0.05, 0) is 13.3 Å². The van der Waals surface area contributed by atoms with Gasteiger partial charge in [0.25, 0.3) is 0 Å². The number of nitrogens with zero attached hydrogens (tertiary/aromatic N) is 4. The van der Waals surface area contributed by atoms with Crippen LogP contribution in [0.4, 0.5) is 0 Å². The molecule has 6 heteroatoms. The van der Waals surface area contributed by atoms with E-state index in [0.29, 0.717) is 6.42 Å². The predicted octanol–water partition coefficient (Wildman–Crippen LogP) is 0.962. The van der Waals surface area contributed by atoms with Crippen molar-refractivity contribution in [3.8, 4) is 0 Å². The number of hydrogen-bond acceptors (Lipinski definition) is 4. The minimum absolute atomic E-state index is 0.150. The Kier molecular flexibility index (Phi) is 3.53. The number of hydrogen-bond donors (Lipinski definition) is 2. The summed E-state index contributed by atoms with van der Waals surface area (Å²) >= 11 is 0. The molecule has 6 nitrogen and oxygen atoms in total. The first-order valence-electron chi connectivity index (χ1n) is 5.85. The summed E-state index contributed by atoms with van der Waals surface area (Å²) in [5.41, 5.74) is 7.17. The minimum Gasteiger partial charge on any atom is -0.348 e. The number of aryl methyl sites for hydroxylation is 1. The molecule has 0 amide bonds. The van der Waals surface area contributed by atoms with Gasteiger partial charge in [0.15, 0.2) is 0 Å². The number of aromatic nitrogens is 5. The van der Waals surface area contributed by atoms with Crippen LogP contribution in [0.5, 0.6) is 0 Å². The van der Waals surface area contributed by atoms with E-state index in [1.54, 1.807) is 12.5 Å². The highest BCUT2D eigenvalue weighted by Gasteiger charge is 2.16. The van der Waals surface area contributed by atoms with Crippen LogP contribution in [-0.2, 0) is 13.0 Å². The van der Waals surface area contributed by atoms with Crippen LogP contribution in [0, 0.1) is 6.92 Å². The Morgan fingerprint density at radius 3 is 2.94 bits per heavy atom. The highest BCUT2D eigenvalue weighted by atomic mass is 15.3. The molecule has 0 aromatic carbocycles. The van der Waals surface area contributed by atoms with Crippen molar-refractivity contribution in [2.45, 2.75) is 39.3 Å². The van der Waals surface area contributed by atoms with Crippen LogP contribution >= 0.6 is 0 Å². The lowest BCUT2D eigenvalue weighted by atomic mass is 10.1. The number of nitrogens with one attached hydrogen (secondary N) is 1. The van der Waals surface area contributed by atoms with Gasteiger partial charge in [0.05, 0.1) is 12.4 Å². The van der Waals surface area contributed by atoms with Gasteiger partial charge in [-0.15, -0.1) is 10.2 Å². The van der Waals surface area contributed by atoms with Crippen LogP contribution in [0.1, 0.15) is 36.7 Å². The van der Waals surface area contributed by atoms with E-state index in [-0.39, 0.29) is 6.04 Å². The Hall–Kier alpha value is -1.69. The van der Waals surface area contributed by atoms with E-state index in [9.17, 15) is 0 Å². The van der Waals surface area contributed by atoms with E-state index in [2.05, 4.69) is 31.7 Å². The van der Waals surface area contributed by atoms with Gasteiger partial charge in [-0.1, -0.05) is 6.92 Å². The van der Waals surface area contributed by atoms with Crippen molar-refractivity contribution in [3.05, 3.63) is 29.9 Å². The zero-order valence-electron chi connectivity index (χ0n) is 10.2. The average molecular weight is 234 g/mol. The SMILES string of the molecule is CCCn1c(C)nnc1[C@H](N)Cc1cnc[nH]1. The second kappa shape index (κ2) is 5.09. The molecule has 0 radical (unpaired) electrons. The van der Waals surface area contributed by atoms with E-state index in [1.807, 2.05) is 6.92 Å². The van der Waals surface area contributed by atoms with Crippen molar-refractivity contribution in [2.75, 3.05) is 0 Å². The molecule has 0 saturated heterocycles. The summed E-state index contributed by atoms with van der Waals surface area (Å²) in [7, 11) is 0. The summed E-state index contributed by atoms with van der Waals surface area (Å²) in [4.78, 5) is 7.03. The fraction of sp³-hybridized carbons (Fsp3) is 0.545. The van der Waals surface area contributed by atoms with Crippen molar-refractivity contribution in [2.24, 2.45) is 5.73 Å². The molecule has 0 spiro atoms. The highest BCUT2D eigenvalue weighted by Crippen LogP contribution is 2.14. The van der Waals surface area contributed by atoms with Gasteiger partial charge in [-0.25, -0.2) is 4.98 Å². The summed E-state index contributed by atoms with van der Waals surface area (Å²) in [5.74, 6) is 1.76. The summed E-state index contributed by atoms with van der Waals surface area (Å²) in [6.45, 7) is 4.99. The van der Waals surface area contributed by atoms with Crippen LogP contribution in [0.15, 0.2) is 12.5 Å². The monoisotopic (exact) mass is 234 g/mol. The first-order valence-corrected chi connectivity index (χ1v) is 5.85. The van der Waals surface area contributed by atoms with E-state index >= 15 is 0 Å². The Balaban J connectivity index is 2.15. The summed E-state index contributed by atoms with van der Waals surface area (Å²) in [6, 6.07) is -0.150. The topological polar surface area (TPSA) is 85.4 Å². The van der Waals surface area contributed by atoms with Crippen LogP contribution in [-0.4, -0.2) is 24.7 Å². The van der Waals surface area contributed by atoms with Crippen LogP contribution in [0.3, 0.4) is 0 Å². The molecule has 2 aromatic rings. The van der Waals surface area contributed by atoms with E-state index < -0.39 is 0 Å². The van der Waals surface area contributed by atoms with Gasteiger partial charge in [0.2, 0.25) is 0 Å². The summed E-state index contributed by atoms with van der Waals surface area (Å²) in [6.07, 6.45) is 5.18. The third-order valence-electron chi connectivity index (χ3n) is 2.74. The molecular formula is C11H18N6. The molecule has 92 valence electrons. The zero-order chi connectivity index (χ0) is 12.3. The normalized spacial score (nSPS) is 12.9. The third kappa shape index (κ3) is 2.52. The second-order valence-electron chi connectivity index (χ2n) is 4.14. The average Bonchev–Trinajstić information content (AvgIpc) is 2.91. The quantitative estimate of drug-likeness (QED) is 0.807. The number of aromatic amines is 1. The molecule has 0 saturated carbocycles. The van der Waals surface area contributed by atoms with Gasteiger partial charge >= 0.3 is 0 Å². The van der Waals surface area contributed by atoms with Gasteiger partial charge in [-0.3, -0.25) is 0 Å². The van der Waals surface area contributed by atoms with Crippen LogP contribution < -0.4 is 5.73 Å². The Morgan fingerprint density at radius 2 is 2.29 bits per heavy atom. The third-order valence-corrected chi connectivity index (χ3v) is 2.74. The highest BCUT2D eigenvalue weighted by molar-refractivity contribution is 5.05. The smallest absolute Gasteiger partial charge is 0.150 e. The van der Waals surface area contributed by atoms with Crippen LogP contribution in [0.25, 0.3) is 0 Å². The van der Waals surface area contributed by atoms with E-state index in [1.165, 1.54) is 0 Å². The lowest BCUT2D eigenvalue weighted by Crippen LogP contribution is -2.19. The number of nitrogens with two attached hydrogens (primary N) is 1. The first-order chi connectivity index (χ1) is 8.22. The van der Waals surface area contributed by atoms with E-state index in [4.69, 9.17) is 5.73 Å². The van der Waals surface area contributed by atoms with Gasteiger partial charge < -0.3 is 15.3 Å². The molecule has 2 rings (SSSR count). The molecular weight excluding hydrogens is 216 g/mol. The summed E-state index contributed by atoms with van der Waals surface area (Å²) in [5, 5.41) is 8.26. The van der Waals surface area contributed by atoms with Crippen molar-refractivity contribution < 1.29 is 0 Å². The fourth-order valence-corrected chi connectivity index (χ4v) is 1.90. The molecule has 0 unspecified atom stereocenters. The molecule has 0 bridgehead atoms. The molecule has 0 fully saturated rings. The molecule has 0 aliphatic carbocycles. The lowest BCUT2D eigenvalue weighted by Gasteiger charge is -2.12. The number of rotatable bonds is 5. The van der Waals surface area contributed by atoms with Crippen molar-refractivity contribution in [1.82, 2.24) is 24.7 Å². The van der Waals surface area contributed by atoms with Gasteiger partial charge in [-0.2, -0.15) is 0 Å². The Bertz CT molecular complexity index is 458. The fourth-order valence-electron chi connectivity index (χ4n) is 1.90. The standard InChI is InChI=1S/C11H18N6/c1-3-4-17-8(2)15-16-11(17)10(12)5-9-6-13-7-14-9/h6-7,10H,3-5,12H2,1-2H3,(H,13,14)/t10-/m1/s1. The maximum absolute atomic E-state index is 6.16. The molecule has 0 aliphatic rings. The predicted molar refractivity (Wildman–Crippen MR) is 64.3 cm³/mol. The number of imidazole rings is 1. The molecule has 2 aromatic heterocycles. The molecule has 3 N–H and O–H groups in total. The van der Waals surface area contributed by atoms with Crippen molar-refractivity contribution >= 4 is 0 Å². The molecule has 17 heavy (non-hydrogen) atoms. The summed E-state index contributed by atoms with van der Waals surface area (Å²) < 4.78 is 2.08. The minimum atomic E-state index is -0.150. The Morgan fingerprint density at radius 1 is 1.47 bits per heavy atom. The molecule has 1 atom stereocenters. The molecule has 2 heterocycles. The lowest BCUT2D eigenvalue weighted by molar-refractivity contribution is 0.563. The molecule has 0 aliphatic heterocycles. The van der Waals surface area contributed by atoms with E-state index in [0.717, 1.165) is 30.3 Å². The van der Waals surface area contributed by atoms with Gasteiger partial charge in [0.1, 0.15) is 11.6 Å². The maximum Gasteiger partial charge on any atom is 0.150 e. The van der Waals surface area contributed by atoms with Gasteiger partial charge in [0, 0.05) is 24.9 Å². The Labute approximate surface area is 100 Å². The first kappa shape index (κ1) is 11.8. The van der Waals surface area contributed by atoms with Crippen LogP contribution in [0.2, 0.25) is 0 Å². The largest absolute Gasteiger partial charge is 0.348 e. The second-order valence-corrected chi connectivity index (χ2v) is 4.14. The van der Waals surface area contributed by atoms with Crippen molar-refractivity contribution in [3.63, 3.8) is 0 Å². The van der Waals surface area contributed by atoms with Crippen molar-refractivity contribution in [1.29, 1.82) is 0 Å². The number of H-pyrrole nitrogens is 1. The zero-order valence-corrected chi connectivity index (χ0v) is 10.2. The maximum atomic E-state index is 6.16.